The summed E-state index contributed by atoms with van der Waals surface area (Å²) in [5.74, 6) is -1.51. The van der Waals surface area contributed by atoms with E-state index in [0.717, 1.165) is 50.0 Å². The smallest absolute Gasteiger partial charge is 0.419 e. The number of amides is 1. The van der Waals surface area contributed by atoms with Crippen molar-refractivity contribution < 1.29 is 27.5 Å². The standard InChI is InChI=1S/C25H26F3N5O3S/c1-36-16-7-4-11(9-14(16)25(26,27)28)24(31)13-5-6-15(29)20-17(13)18(19(30)22(24)34)21(37-20)23(35)33-12-3-2-8-32-10-12/h4-7,9,12,19,32H,2-3,8,10,29-31H2,1H3,(H,33,35). The van der Waals surface area contributed by atoms with Gasteiger partial charge in [0, 0.05) is 29.2 Å². The molecule has 2 aliphatic rings. The molecular formula is C25H26F3N5O3S. The predicted octanol–water partition coefficient (Wildman–Crippen LogP) is 2.78. The molecular weight excluding hydrogens is 507 g/mol. The van der Waals surface area contributed by atoms with E-state index in [4.69, 9.17) is 21.9 Å². The van der Waals surface area contributed by atoms with Gasteiger partial charge in [0.2, 0.25) is 0 Å². The number of nitrogens with two attached hydrogens (primary N) is 3. The van der Waals surface area contributed by atoms with E-state index in [-0.39, 0.29) is 28.0 Å². The van der Waals surface area contributed by atoms with E-state index in [9.17, 15) is 22.8 Å². The van der Waals surface area contributed by atoms with Crippen molar-refractivity contribution in [1.29, 1.82) is 0 Å². The highest BCUT2D eigenvalue weighted by molar-refractivity contribution is 7.21. The Hall–Kier alpha value is -3.19. The SMILES string of the molecule is COc1ccc(C2(N)C(=O)C(N)c3c(C(=O)NC4CCCNC4)sc4c(N)ccc2c34)cc1C(F)(F)F. The minimum atomic E-state index is -4.75. The van der Waals surface area contributed by atoms with Gasteiger partial charge in [-0.3, -0.25) is 9.59 Å². The first-order chi connectivity index (χ1) is 17.5. The number of thiophene rings is 1. The number of anilines is 1. The van der Waals surface area contributed by atoms with Crippen LogP contribution < -0.4 is 32.6 Å². The van der Waals surface area contributed by atoms with Gasteiger partial charge in [0.15, 0.2) is 5.78 Å². The number of halogens is 3. The van der Waals surface area contributed by atoms with E-state index in [1.807, 2.05) is 0 Å². The third-order valence-electron chi connectivity index (χ3n) is 7.11. The van der Waals surface area contributed by atoms with Crippen LogP contribution in [0.5, 0.6) is 5.75 Å². The Morgan fingerprint density at radius 3 is 2.68 bits per heavy atom. The molecule has 3 atom stereocenters. The number of rotatable bonds is 4. The summed E-state index contributed by atoms with van der Waals surface area (Å²) < 4.78 is 46.8. The van der Waals surface area contributed by atoms with E-state index in [2.05, 4.69) is 10.6 Å². The minimum Gasteiger partial charge on any atom is -0.496 e. The number of Topliss-reactive ketones (excluding diaryl/α,β-unsaturated/α-hetero) is 1. The number of ether oxygens (including phenoxy) is 1. The molecule has 1 aromatic heterocycles. The van der Waals surface area contributed by atoms with Gasteiger partial charge < -0.3 is 32.6 Å². The fourth-order valence-electron chi connectivity index (χ4n) is 5.25. The van der Waals surface area contributed by atoms with Gasteiger partial charge in [-0.25, -0.2) is 0 Å². The van der Waals surface area contributed by atoms with Gasteiger partial charge in [0.05, 0.1) is 28.3 Å². The van der Waals surface area contributed by atoms with Gasteiger partial charge in [-0.2, -0.15) is 13.2 Å². The van der Waals surface area contributed by atoms with Crippen LogP contribution in [0.1, 0.15) is 50.8 Å². The summed E-state index contributed by atoms with van der Waals surface area (Å²) in [4.78, 5) is 27.3. The minimum absolute atomic E-state index is 0.0836. The number of carbonyl (C=O) groups excluding carboxylic acids is 2. The number of alkyl halides is 3. The average Bonchev–Trinajstić information content (AvgIpc) is 3.28. The van der Waals surface area contributed by atoms with E-state index < -0.39 is 34.9 Å². The second kappa shape index (κ2) is 8.98. The van der Waals surface area contributed by atoms with Crippen LogP contribution >= 0.6 is 11.3 Å². The Balaban J connectivity index is 1.70. The van der Waals surface area contributed by atoms with Crippen molar-refractivity contribution in [3.63, 3.8) is 0 Å². The van der Waals surface area contributed by atoms with Crippen molar-refractivity contribution >= 4 is 38.8 Å². The van der Waals surface area contributed by atoms with E-state index in [0.29, 0.717) is 27.9 Å². The van der Waals surface area contributed by atoms with Crippen LogP contribution in [0.4, 0.5) is 18.9 Å². The number of hydrogen-bond acceptors (Lipinski definition) is 8. The van der Waals surface area contributed by atoms with Gasteiger partial charge in [-0.1, -0.05) is 12.1 Å². The average molecular weight is 534 g/mol. The summed E-state index contributed by atoms with van der Waals surface area (Å²) in [6.07, 6.45) is -3.03. The molecule has 37 heavy (non-hydrogen) atoms. The monoisotopic (exact) mass is 533 g/mol. The number of carbonyl (C=O) groups is 2. The highest BCUT2D eigenvalue weighted by atomic mass is 32.1. The third-order valence-corrected chi connectivity index (χ3v) is 8.37. The van der Waals surface area contributed by atoms with Crippen molar-refractivity contribution in [1.82, 2.24) is 10.6 Å². The second-order valence-corrected chi connectivity index (χ2v) is 10.4. The summed E-state index contributed by atoms with van der Waals surface area (Å²) in [5, 5.41) is 6.64. The number of benzene rings is 2. The fraction of sp³-hybridized carbons (Fsp3) is 0.360. The Morgan fingerprint density at radius 2 is 2.03 bits per heavy atom. The Morgan fingerprint density at radius 1 is 1.27 bits per heavy atom. The molecule has 1 fully saturated rings. The van der Waals surface area contributed by atoms with Crippen molar-refractivity contribution in [2.24, 2.45) is 11.5 Å². The molecule has 3 aromatic rings. The Kier molecular flexibility index (Phi) is 6.18. The van der Waals surface area contributed by atoms with Crippen LogP contribution in [0, 0.1) is 0 Å². The molecule has 0 bridgehead atoms. The first kappa shape index (κ1) is 25.5. The van der Waals surface area contributed by atoms with Crippen molar-refractivity contribution in [2.75, 3.05) is 25.9 Å². The first-order valence-electron chi connectivity index (χ1n) is 11.7. The zero-order valence-corrected chi connectivity index (χ0v) is 20.7. The van der Waals surface area contributed by atoms with Crippen LogP contribution in [-0.4, -0.2) is 37.9 Å². The van der Waals surface area contributed by atoms with Crippen LogP contribution in [0.25, 0.3) is 10.1 Å². The van der Waals surface area contributed by atoms with Crippen molar-refractivity contribution in [2.45, 2.75) is 36.6 Å². The lowest BCUT2D eigenvalue weighted by atomic mass is 9.70. The lowest BCUT2D eigenvalue weighted by Gasteiger charge is -2.37. The summed E-state index contributed by atoms with van der Waals surface area (Å²) in [7, 11) is 1.13. The lowest BCUT2D eigenvalue weighted by molar-refractivity contribution is -0.139. The second-order valence-electron chi connectivity index (χ2n) is 9.33. The summed E-state index contributed by atoms with van der Waals surface area (Å²) in [6, 6.07) is 4.87. The molecule has 2 heterocycles. The molecule has 2 aromatic carbocycles. The van der Waals surface area contributed by atoms with Crippen molar-refractivity contribution in [3.8, 4) is 5.75 Å². The number of methoxy groups -OCH3 is 1. The van der Waals surface area contributed by atoms with E-state index in [1.54, 1.807) is 0 Å². The molecule has 3 unspecified atom stereocenters. The van der Waals surface area contributed by atoms with Gasteiger partial charge in [-0.15, -0.1) is 11.3 Å². The third kappa shape index (κ3) is 3.95. The summed E-state index contributed by atoms with van der Waals surface area (Å²) >= 11 is 1.10. The zero-order chi connectivity index (χ0) is 26.7. The molecule has 12 heteroatoms. The summed E-state index contributed by atoms with van der Waals surface area (Å²) in [5.41, 5.74) is 17.0. The number of hydrogen-bond donors (Lipinski definition) is 5. The number of nitrogen functional groups attached to an aromatic ring is 1. The maximum absolute atomic E-state index is 13.8. The van der Waals surface area contributed by atoms with E-state index >= 15 is 0 Å². The highest BCUT2D eigenvalue weighted by Crippen LogP contribution is 2.50. The fourth-order valence-corrected chi connectivity index (χ4v) is 6.45. The number of piperidine rings is 1. The van der Waals surface area contributed by atoms with Gasteiger partial charge >= 0.3 is 6.18 Å². The topological polar surface area (TPSA) is 145 Å². The van der Waals surface area contributed by atoms with Crippen LogP contribution in [-0.2, 0) is 16.5 Å². The van der Waals surface area contributed by atoms with Crippen LogP contribution in [0.3, 0.4) is 0 Å². The maximum atomic E-state index is 13.8. The number of ketones is 1. The highest BCUT2D eigenvalue weighted by Gasteiger charge is 2.49. The Bertz CT molecular complexity index is 1420. The van der Waals surface area contributed by atoms with Crippen LogP contribution in [0.2, 0.25) is 0 Å². The lowest BCUT2D eigenvalue weighted by Crippen LogP contribution is -2.52. The van der Waals surface area contributed by atoms with Crippen LogP contribution in [0.15, 0.2) is 30.3 Å². The van der Waals surface area contributed by atoms with Crippen molar-refractivity contribution in [3.05, 3.63) is 57.5 Å². The maximum Gasteiger partial charge on any atom is 0.419 e. The zero-order valence-electron chi connectivity index (χ0n) is 19.9. The van der Waals surface area contributed by atoms with Gasteiger partial charge in [0.1, 0.15) is 11.3 Å². The van der Waals surface area contributed by atoms with Gasteiger partial charge in [0.25, 0.3) is 5.91 Å². The Labute approximate surface area is 214 Å². The summed E-state index contributed by atoms with van der Waals surface area (Å²) in [6.45, 7) is 1.50. The van der Waals surface area contributed by atoms with Gasteiger partial charge in [-0.05, 0) is 48.7 Å². The normalized spacial score (nSPS) is 23.8. The predicted molar refractivity (Wildman–Crippen MR) is 134 cm³/mol. The molecule has 1 aliphatic heterocycles. The quantitative estimate of drug-likeness (QED) is 0.324. The number of nitrogens with one attached hydrogen (secondary N) is 2. The molecule has 1 amide bonds. The first-order valence-corrected chi connectivity index (χ1v) is 12.5. The molecule has 0 spiro atoms. The largest absolute Gasteiger partial charge is 0.496 e. The molecule has 196 valence electrons. The molecule has 8 N–H and O–H groups in total. The molecule has 0 saturated carbocycles. The van der Waals surface area contributed by atoms with E-state index in [1.165, 1.54) is 18.2 Å². The molecule has 1 saturated heterocycles. The molecule has 0 radical (unpaired) electrons. The molecule has 1 aliphatic carbocycles. The molecule has 5 rings (SSSR count). The molecule has 8 nitrogen and oxygen atoms in total.